The van der Waals surface area contributed by atoms with Gasteiger partial charge in [-0.25, -0.2) is 9.78 Å². The zero-order valence-electron chi connectivity index (χ0n) is 17.2. The summed E-state index contributed by atoms with van der Waals surface area (Å²) in [5, 5.41) is 11.3. The Labute approximate surface area is 180 Å². The van der Waals surface area contributed by atoms with Gasteiger partial charge in [-0.05, 0) is 24.0 Å². The van der Waals surface area contributed by atoms with Gasteiger partial charge < -0.3 is 14.7 Å². The summed E-state index contributed by atoms with van der Waals surface area (Å²) in [6.07, 6.45) is 2.74. The summed E-state index contributed by atoms with van der Waals surface area (Å²) in [4.78, 5) is 19.9. The van der Waals surface area contributed by atoms with Crippen LogP contribution in [0.2, 0.25) is 5.02 Å². The number of H-pyrrole nitrogens is 1. The number of nitrogens with one attached hydrogen (secondary N) is 1. The van der Waals surface area contributed by atoms with Crippen molar-refractivity contribution in [3.8, 4) is 22.5 Å². The molecular weight excluding hydrogens is 398 g/mol. The molecule has 0 bridgehead atoms. The van der Waals surface area contributed by atoms with Gasteiger partial charge in [0.05, 0.1) is 17.7 Å². The molecule has 2 aromatic carbocycles. The molecule has 2 heterocycles. The van der Waals surface area contributed by atoms with Gasteiger partial charge in [-0.2, -0.15) is 0 Å². The zero-order valence-corrected chi connectivity index (χ0v) is 18.0. The highest BCUT2D eigenvalue weighted by molar-refractivity contribution is 6.31. The number of hydrogen-bond donors (Lipinski definition) is 2. The minimum Gasteiger partial charge on any atom is -0.477 e. The Balaban J connectivity index is 2.00. The van der Waals surface area contributed by atoms with Crippen LogP contribution in [0, 0.1) is 5.41 Å². The van der Waals surface area contributed by atoms with Crippen molar-refractivity contribution < 1.29 is 9.90 Å². The van der Waals surface area contributed by atoms with Gasteiger partial charge in [-0.15, -0.1) is 0 Å². The Morgan fingerprint density at radius 2 is 1.90 bits per heavy atom. The number of carbonyl (C=O) groups is 1. The number of halogens is 1. The van der Waals surface area contributed by atoms with Gasteiger partial charge in [0.25, 0.3) is 0 Å². The normalized spacial score (nSPS) is 11.9. The molecule has 154 valence electrons. The van der Waals surface area contributed by atoms with Crippen LogP contribution in [0.1, 0.15) is 37.7 Å². The number of nitrogens with zero attached hydrogens (tertiary/aromatic N) is 2. The maximum Gasteiger partial charge on any atom is 0.353 e. The van der Waals surface area contributed by atoms with Crippen molar-refractivity contribution >= 4 is 28.5 Å². The van der Waals surface area contributed by atoms with Crippen molar-refractivity contribution in [1.82, 2.24) is 14.5 Å². The number of benzene rings is 2. The lowest BCUT2D eigenvalue weighted by Crippen LogP contribution is -2.11. The van der Waals surface area contributed by atoms with Crippen LogP contribution in [0.5, 0.6) is 0 Å². The molecule has 0 saturated carbocycles. The number of aryl methyl sites for hydroxylation is 1. The van der Waals surface area contributed by atoms with E-state index in [-0.39, 0.29) is 11.1 Å². The van der Waals surface area contributed by atoms with Crippen LogP contribution in [0.4, 0.5) is 0 Å². The molecule has 0 unspecified atom stereocenters. The Hall–Kier alpha value is -3.05. The largest absolute Gasteiger partial charge is 0.477 e. The second-order valence-corrected chi connectivity index (χ2v) is 9.12. The monoisotopic (exact) mass is 421 g/mol. The Morgan fingerprint density at radius 1 is 1.17 bits per heavy atom. The topological polar surface area (TPSA) is 70.9 Å². The highest BCUT2D eigenvalue weighted by atomic mass is 35.5. The first-order valence-corrected chi connectivity index (χ1v) is 10.3. The summed E-state index contributed by atoms with van der Waals surface area (Å²) in [6.45, 7) is 7.31. The van der Waals surface area contributed by atoms with E-state index in [0.717, 1.165) is 35.3 Å². The second-order valence-electron chi connectivity index (χ2n) is 8.68. The van der Waals surface area contributed by atoms with E-state index >= 15 is 0 Å². The summed E-state index contributed by atoms with van der Waals surface area (Å²) in [6, 6.07) is 15.3. The van der Waals surface area contributed by atoms with Crippen molar-refractivity contribution in [2.75, 3.05) is 0 Å². The fourth-order valence-electron chi connectivity index (χ4n) is 3.65. The highest BCUT2D eigenvalue weighted by Crippen LogP contribution is 2.39. The van der Waals surface area contributed by atoms with E-state index < -0.39 is 5.97 Å². The Bertz CT molecular complexity index is 1220. The number of carboxylic acids is 1. The molecule has 4 aromatic rings. The first kappa shape index (κ1) is 20.2. The number of hydrogen-bond acceptors (Lipinski definition) is 2. The third-order valence-electron chi connectivity index (χ3n) is 5.20. The molecule has 5 nitrogen and oxygen atoms in total. The predicted octanol–water partition coefficient (Wildman–Crippen LogP) is 6.49. The SMILES string of the molecule is CC(C)(C)CCn1cnc(-c2ccccc2)c1-c1c(C(=O)O)[nH]c2cc(Cl)ccc12. The number of fused-ring (bicyclic) bond motifs is 1. The molecule has 4 rings (SSSR count). The van der Waals surface area contributed by atoms with E-state index in [0.29, 0.717) is 16.1 Å². The number of aromatic nitrogens is 3. The fourth-order valence-corrected chi connectivity index (χ4v) is 3.83. The van der Waals surface area contributed by atoms with Gasteiger partial charge in [-0.1, -0.05) is 68.8 Å². The standard InChI is InChI=1S/C24H24ClN3O2/c1-24(2,3)11-12-28-14-26-20(15-7-5-4-6-8-15)22(28)19-17-10-9-16(25)13-18(17)27-21(19)23(29)30/h4-10,13-14,27H,11-12H2,1-3H3,(H,29,30). The summed E-state index contributed by atoms with van der Waals surface area (Å²) in [5.74, 6) is -1.01. The second kappa shape index (κ2) is 7.65. The minimum absolute atomic E-state index is 0.137. The van der Waals surface area contributed by atoms with Crippen molar-refractivity contribution in [3.05, 3.63) is 65.6 Å². The Morgan fingerprint density at radius 3 is 2.57 bits per heavy atom. The number of imidazole rings is 1. The van der Waals surface area contributed by atoms with Crippen molar-refractivity contribution in [3.63, 3.8) is 0 Å². The third-order valence-corrected chi connectivity index (χ3v) is 5.43. The number of rotatable bonds is 5. The van der Waals surface area contributed by atoms with Gasteiger partial charge in [0.15, 0.2) is 0 Å². The van der Waals surface area contributed by atoms with Gasteiger partial charge >= 0.3 is 5.97 Å². The molecule has 0 atom stereocenters. The molecule has 2 N–H and O–H groups in total. The van der Waals surface area contributed by atoms with Crippen LogP contribution >= 0.6 is 11.6 Å². The highest BCUT2D eigenvalue weighted by Gasteiger charge is 2.26. The molecule has 0 radical (unpaired) electrons. The molecule has 0 aliphatic carbocycles. The van der Waals surface area contributed by atoms with E-state index in [1.807, 2.05) is 42.7 Å². The van der Waals surface area contributed by atoms with Crippen LogP contribution in [0.15, 0.2) is 54.9 Å². The molecule has 0 aliphatic heterocycles. The fraction of sp³-hybridized carbons (Fsp3) is 0.250. The van der Waals surface area contributed by atoms with Crippen molar-refractivity contribution in [2.24, 2.45) is 5.41 Å². The van der Waals surface area contributed by atoms with E-state index in [1.54, 1.807) is 12.1 Å². The molecule has 0 spiro atoms. The van der Waals surface area contributed by atoms with Gasteiger partial charge in [0.1, 0.15) is 5.69 Å². The molecule has 6 heteroatoms. The average Bonchev–Trinajstić information content (AvgIpc) is 3.27. The lowest BCUT2D eigenvalue weighted by atomic mass is 9.92. The van der Waals surface area contributed by atoms with Crippen LogP contribution in [-0.2, 0) is 6.54 Å². The summed E-state index contributed by atoms with van der Waals surface area (Å²) in [7, 11) is 0. The number of aromatic amines is 1. The van der Waals surface area contributed by atoms with Gasteiger partial charge in [0, 0.05) is 33.6 Å². The Kier molecular flexibility index (Phi) is 5.16. The predicted molar refractivity (Wildman–Crippen MR) is 121 cm³/mol. The molecule has 0 aliphatic rings. The maximum absolute atomic E-state index is 12.2. The minimum atomic E-state index is -1.01. The smallest absolute Gasteiger partial charge is 0.353 e. The van der Waals surface area contributed by atoms with Gasteiger partial charge in [0.2, 0.25) is 0 Å². The average molecular weight is 422 g/mol. The molecule has 0 fully saturated rings. The van der Waals surface area contributed by atoms with Crippen molar-refractivity contribution in [1.29, 1.82) is 0 Å². The van der Waals surface area contributed by atoms with Crippen LogP contribution < -0.4 is 0 Å². The first-order chi connectivity index (χ1) is 14.2. The summed E-state index contributed by atoms with van der Waals surface area (Å²) >= 11 is 6.16. The quantitative estimate of drug-likeness (QED) is 0.387. The maximum atomic E-state index is 12.2. The number of aromatic carboxylic acids is 1. The summed E-state index contributed by atoms with van der Waals surface area (Å²) < 4.78 is 2.07. The lowest BCUT2D eigenvalue weighted by Gasteiger charge is -2.19. The molecule has 2 aromatic heterocycles. The van der Waals surface area contributed by atoms with Gasteiger partial charge in [-0.3, -0.25) is 0 Å². The molecular formula is C24H24ClN3O2. The lowest BCUT2D eigenvalue weighted by molar-refractivity contribution is 0.0692. The third kappa shape index (κ3) is 3.85. The molecule has 0 saturated heterocycles. The van der Waals surface area contributed by atoms with Crippen molar-refractivity contribution in [2.45, 2.75) is 33.7 Å². The first-order valence-electron chi connectivity index (χ1n) is 9.90. The summed E-state index contributed by atoms with van der Waals surface area (Å²) in [5.41, 5.74) is 4.12. The molecule has 30 heavy (non-hydrogen) atoms. The van der Waals surface area contributed by atoms with E-state index in [9.17, 15) is 9.90 Å². The van der Waals surface area contributed by atoms with Crippen LogP contribution in [0.25, 0.3) is 33.4 Å². The van der Waals surface area contributed by atoms with E-state index in [1.165, 1.54) is 0 Å². The van der Waals surface area contributed by atoms with Crippen LogP contribution in [0.3, 0.4) is 0 Å². The number of carboxylic acid groups (broad SMARTS) is 1. The zero-order chi connectivity index (χ0) is 21.5. The van der Waals surface area contributed by atoms with E-state index in [4.69, 9.17) is 16.6 Å². The van der Waals surface area contributed by atoms with Crippen LogP contribution in [-0.4, -0.2) is 25.6 Å². The molecule has 0 amide bonds. The van der Waals surface area contributed by atoms with E-state index in [2.05, 4.69) is 30.3 Å².